The van der Waals surface area contributed by atoms with Gasteiger partial charge in [0.25, 0.3) is 11.8 Å². The van der Waals surface area contributed by atoms with Crippen LogP contribution >= 0.6 is 15.9 Å². The number of methoxy groups -OCH3 is 2. The molecule has 0 spiro atoms. The van der Waals surface area contributed by atoms with Crippen LogP contribution in [-0.4, -0.2) is 70.6 Å². The highest BCUT2D eigenvalue weighted by Crippen LogP contribution is 2.36. The van der Waals surface area contributed by atoms with Gasteiger partial charge in [-0.05, 0) is 117 Å². The first-order valence-corrected chi connectivity index (χ1v) is 26.3. The number of hydrogen-bond acceptors (Lipinski definition) is 11. The predicted octanol–water partition coefficient (Wildman–Crippen LogP) is 11.9. The van der Waals surface area contributed by atoms with Gasteiger partial charge in [-0.15, -0.1) is 0 Å². The van der Waals surface area contributed by atoms with Crippen LogP contribution in [0.25, 0.3) is 0 Å². The molecule has 0 bridgehead atoms. The molecular weight excluding hydrogens is 1110 g/mol. The van der Waals surface area contributed by atoms with Gasteiger partial charge in [-0.2, -0.15) is 36.5 Å². The molecular formula is C58H59BrF6N8O7. The van der Waals surface area contributed by atoms with E-state index in [0.29, 0.717) is 74.6 Å². The Morgan fingerprint density at radius 3 is 1.71 bits per heavy atom. The molecule has 3 N–H and O–H groups in total. The van der Waals surface area contributed by atoms with E-state index in [2.05, 4.69) is 46.8 Å². The molecule has 0 saturated heterocycles. The number of carbonyl (C=O) groups is 4. The van der Waals surface area contributed by atoms with E-state index in [4.69, 9.17) is 9.47 Å². The third kappa shape index (κ3) is 14.7. The quantitative estimate of drug-likeness (QED) is 0.0538. The van der Waals surface area contributed by atoms with Crippen molar-refractivity contribution in [1.29, 1.82) is 0 Å². The minimum atomic E-state index is -4.43. The number of aromatic nitrogens is 4. The summed E-state index contributed by atoms with van der Waals surface area (Å²) in [6, 6.07) is 30.2. The van der Waals surface area contributed by atoms with Crippen molar-refractivity contribution in [2.24, 2.45) is 0 Å². The molecule has 2 aromatic heterocycles. The second-order valence-electron chi connectivity index (χ2n) is 19.0. The van der Waals surface area contributed by atoms with Crippen LogP contribution in [-0.2, 0) is 53.4 Å². The van der Waals surface area contributed by atoms with Gasteiger partial charge in [-0.25, -0.2) is 19.0 Å². The van der Waals surface area contributed by atoms with Crippen LogP contribution in [0.2, 0.25) is 0 Å². The lowest BCUT2D eigenvalue weighted by Crippen LogP contribution is -2.29. The number of rotatable bonds is 14. The molecule has 0 unspecified atom stereocenters. The minimum Gasteiger partial charge on any atom is -0.489 e. The Kier molecular flexibility index (Phi) is 19.2. The van der Waals surface area contributed by atoms with Crippen molar-refractivity contribution in [3.05, 3.63) is 193 Å². The second kappa shape index (κ2) is 25.8. The highest BCUT2D eigenvalue weighted by Gasteiger charge is 2.34. The smallest absolute Gasteiger partial charge is 0.416 e. The van der Waals surface area contributed by atoms with Gasteiger partial charge >= 0.3 is 24.3 Å². The lowest BCUT2D eigenvalue weighted by Gasteiger charge is -2.21. The number of alkyl halides is 7. The van der Waals surface area contributed by atoms with Gasteiger partial charge in [0.15, 0.2) is 0 Å². The summed E-state index contributed by atoms with van der Waals surface area (Å²) in [6.45, 7) is 12.0. The number of amides is 2. The van der Waals surface area contributed by atoms with E-state index < -0.39 is 29.4 Å². The average Bonchev–Trinajstić information content (AvgIpc) is 4.35. The van der Waals surface area contributed by atoms with E-state index in [-0.39, 0.29) is 48.8 Å². The van der Waals surface area contributed by atoms with Gasteiger partial charge in [-0.1, -0.05) is 82.2 Å². The Morgan fingerprint density at radius 2 is 1.16 bits per heavy atom. The summed E-state index contributed by atoms with van der Waals surface area (Å²) >= 11 is 3.17. The number of nitrogens with zero attached hydrogens (tertiary/aromatic N) is 5. The van der Waals surface area contributed by atoms with Gasteiger partial charge in [0.05, 0.1) is 73.0 Å². The van der Waals surface area contributed by atoms with Crippen LogP contribution in [0.15, 0.2) is 115 Å². The number of nitrogens with one attached hydrogen (secondary N) is 3. The summed E-state index contributed by atoms with van der Waals surface area (Å²) < 4.78 is 96.6. The first kappa shape index (κ1) is 59.5. The Morgan fingerprint density at radius 1 is 0.637 bits per heavy atom. The Hall–Kier alpha value is -8.14. The van der Waals surface area contributed by atoms with Crippen molar-refractivity contribution in [3.8, 4) is 5.75 Å². The van der Waals surface area contributed by atoms with E-state index >= 15 is 0 Å². The molecule has 2 aliphatic rings. The third-order valence-corrected chi connectivity index (χ3v) is 13.7. The second-order valence-corrected chi connectivity index (χ2v) is 19.5. The van der Waals surface area contributed by atoms with Crippen LogP contribution in [0.3, 0.4) is 0 Å². The third-order valence-electron chi connectivity index (χ3n) is 13.1. The Bertz CT molecular complexity index is 3330. The molecule has 4 heterocycles. The first-order chi connectivity index (χ1) is 38.0. The highest BCUT2D eigenvalue weighted by molar-refractivity contribution is 9.08. The van der Waals surface area contributed by atoms with Crippen molar-refractivity contribution in [1.82, 2.24) is 30.2 Å². The first-order valence-electron chi connectivity index (χ1n) is 25.2. The van der Waals surface area contributed by atoms with E-state index in [1.165, 1.54) is 14.2 Å². The summed E-state index contributed by atoms with van der Waals surface area (Å²) in [4.78, 5) is 50.9. The number of benzene rings is 5. The maximum absolute atomic E-state index is 13.3. The fourth-order valence-corrected chi connectivity index (χ4v) is 9.41. The summed E-state index contributed by atoms with van der Waals surface area (Å²) in [5, 5.41) is 18.4. The number of carbonyl (C=O) groups excluding carboxylic acids is 4. The van der Waals surface area contributed by atoms with E-state index in [0.717, 1.165) is 59.9 Å². The van der Waals surface area contributed by atoms with Crippen molar-refractivity contribution < 1.29 is 59.7 Å². The average molecular weight is 1170 g/mol. The number of aryl methyl sites for hydroxylation is 3. The number of halogens is 7. The minimum absolute atomic E-state index is 0.160. The number of esters is 2. The molecule has 2 atom stereocenters. The zero-order valence-electron chi connectivity index (χ0n) is 44.8. The topological polar surface area (TPSA) is 171 Å². The van der Waals surface area contributed by atoms with E-state index in [9.17, 15) is 45.5 Å². The predicted molar refractivity (Wildman–Crippen MR) is 292 cm³/mol. The standard InChI is InChI=1S/C26H27F3N4O3.C17H20N4O3.C15H12BrF3O/c1-15-11-18(13-21(12-15)26(27,28)29)14-32-9-10-33-24(32)22(17(3)31-33)23(34)30-16(2)19-5-7-20(8-6-19)25(35)36-4;1-10(12-4-6-13(7-5-12)17(23)24-3)19-16(22)14-11(2)20-21-9-8-18-15(14)21;16-9-12-6-13(15(17,18)19)8-14(7-12)20-10-11-4-2-1-3-5-11/h5-8,11-13,16H,9-10,14H2,1-4H3,(H,30,34);4-7,10,18H,8-9H2,1-3H3,(H,19,22);1-8H,9-10H2/t16-;10-;/m00./s1. The molecule has 15 nitrogen and oxygen atoms in total. The molecule has 5 aromatic carbocycles. The molecule has 7 aromatic rings. The van der Waals surface area contributed by atoms with Crippen LogP contribution in [0.5, 0.6) is 5.75 Å². The van der Waals surface area contributed by atoms with E-state index in [1.54, 1.807) is 67.1 Å². The lowest BCUT2D eigenvalue weighted by molar-refractivity contribution is -0.138. The molecule has 9 rings (SSSR count). The van der Waals surface area contributed by atoms with Crippen molar-refractivity contribution in [2.45, 2.75) is 90.6 Å². The fourth-order valence-electron chi connectivity index (χ4n) is 9.08. The maximum Gasteiger partial charge on any atom is 0.416 e. The van der Waals surface area contributed by atoms with Crippen LogP contribution < -0.4 is 25.6 Å². The summed E-state index contributed by atoms with van der Waals surface area (Å²) in [5.41, 5.74) is 5.92. The largest absolute Gasteiger partial charge is 0.489 e. The molecule has 0 fully saturated rings. The molecule has 22 heteroatoms. The summed E-state index contributed by atoms with van der Waals surface area (Å²) in [7, 11) is 2.66. The number of fused-ring (bicyclic) bond motifs is 2. The van der Waals surface area contributed by atoms with Crippen LogP contribution in [0, 0.1) is 20.8 Å². The van der Waals surface area contributed by atoms with Gasteiger partial charge in [0.2, 0.25) is 0 Å². The zero-order valence-corrected chi connectivity index (χ0v) is 46.4. The monoisotopic (exact) mass is 1170 g/mol. The van der Waals surface area contributed by atoms with Gasteiger partial charge in [0, 0.05) is 25.0 Å². The molecule has 0 radical (unpaired) electrons. The maximum atomic E-state index is 13.3. The lowest BCUT2D eigenvalue weighted by atomic mass is 10.0. The van der Waals surface area contributed by atoms with Gasteiger partial charge in [0.1, 0.15) is 35.1 Å². The van der Waals surface area contributed by atoms with E-state index in [1.807, 2.05) is 72.8 Å². The van der Waals surface area contributed by atoms with Crippen molar-refractivity contribution in [2.75, 3.05) is 37.5 Å². The van der Waals surface area contributed by atoms with Crippen molar-refractivity contribution in [3.63, 3.8) is 0 Å². The molecule has 0 saturated carbocycles. The summed E-state index contributed by atoms with van der Waals surface area (Å²) in [5.74, 6) is 0.276. The van der Waals surface area contributed by atoms with Crippen LogP contribution in [0.1, 0.15) is 123 Å². The molecule has 0 aliphatic carbocycles. The fraction of sp³-hybridized carbons (Fsp3) is 0.310. The SMILES string of the molecule is COC(=O)c1ccc([C@H](C)NC(=O)c2c(C)nn3c2N(Cc2cc(C)cc(C(F)(F)F)c2)CC3)cc1.COC(=O)c1ccc([C@H](C)NC(=O)c2c(C)nn3c2NCC3)cc1.FC(F)(F)c1cc(CBr)cc(OCc2ccccc2)c1. The van der Waals surface area contributed by atoms with Crippen molar-refractivity contribution >= 4 is 51.3 Å². The number of ether oxygens (including phenoxy) is 3. The zero-order chi connectivity index (χ0) is 58.1. The summed E-state index contributed by atoms with van der Waals surface area (Å²) in [6.07, 6.45) is -8.80. The Labute approximate surface area is 466 Å². The molecule has 80 heavy (non-hydrogen) atoms. The molecule has 2 amide bonds. The number of anilines is 2. The highest BCUT2D eigenvalue weighted by atomic mass is 79.9. The van der Waals surface area contributed by atoms with Crippen LogP contribution in [0.4, 0.5) is 38.0 Å². The van der Waals surface area contributed by atoms with Gasteiger partial charge < -0.3 is 35.1 Å². The number of hydrogen-bond donors (Lipinski definition) is 3. The molecule has 2 aliphatic heterocycles. The normalized spacial score (nSPS) is 13.2. The van der Waals surface area contributed by atoms with Gasteiger partial charge in [-0.3, -0.25) is 9.59 Å². The Balaban J connectivity index is 0.000000183. The molecule has 422 valence electrons.